The minimum absolute atomic E-state index is 0.0892. The highest BCUT2D eigenvalue weighted by Crippen LogP contribution is 2.40. The van der Waals surface area contributed by atoms with Gasteiger partial charge in [-0.15, -0.1) is 0 Å². The number of hydrogen-bond donors (Lipinski definition) is 2. The van der Waals surface area contributed by atoms with Gasteiger partial charge in [0.25, 0.3) is 0 Å². The van der Waals surface area contributed by atoms with E-state index in [9.17, 15) is 14.0 Å². The van der Waals surface area contributed by atoms with Crippen molar-refractivity contribution in [2.45, 2.75) is 57.4 Å². The lowest BCUT2D eigenvalue weighted by molar-refractivity contribution is -0.143. The van der Waals surface area contributed by atoms with Crippen LogP contribution in [0.25, 0.3) is 0 Å². The van der Waals surface area contributed by atoms with Crippen molar-refractivity contribution in [1.82, 2.24) is 10.6 Å². The van der Waals surface area contributed by atoms with Crippen LogP contribution in [-0.2, 0) is 9.53 Å². The van der Waals surface area contributed by atoms with Gasteiger partial charge in [0.2, 0.25) is 0 Å². The molecule has 1 aromatic carbocycles. The molecule has 1 saturated carbocycles. The van der Waals surface area contributed by atoms with Crippen molar-refractivity contribution >= 4 is 12.0 Å². The molecule has 1 fully saturated rings. The Morgan fingerprint density at radius 2 is 2.04 bits per heavy atom. The summed E-state index contributed by atoms with van der Waals surface area (Å²) in [6.07, 6.45) is 4.94. The lowest BCUT2D eigenvalue weighted by Crippen LogP contribution is -2.37. The van der Waals surface area contributed by atoms with Crippen molar-refractivity contribution in [2.75, 3.05) is 13.2 Å². The smallest absolute Gasteiger partial charge is 0.315 e. The molecule has 0 unspecified atom stereocenters. The van der Waals surface area contributed by atoms with E-state index in [1.54, 1.807) is 13.0 Å². The molecule has 1 aliphatic rings. The molecule has 2 amide bonds. The first-order chi connectivity index (χ1) is 12.1. The summed E-state index contributed by atoms with van der Waals surface area (Å²) in [5, 5.41) is 5.76. The molecule has 25 heavy (non-hydrogen) atoms. The fourth-order valence-electron chi connectivity index (χ4n) is 2.86. The van der Waals surface area contributed by atoms with Crippen molar-refractivity contribution in [3.63, 3.8) is 0 Å². The molecular formula is C19H27FN2O3. The Morgan fingerprint density at radius 3 is 2.80 bits per heavy atom. The van der Waals surface area contributed by atoms with E-state index in [1.165, 1.54) is 12.1 Å². The Kier molecular flexibility index (Phi) is 7.70. The highest BCUT2D eigenvalue weighted by Gasteiger charge is 2.39. The first-order valence-electron chi connectivity index (χ1n) is 9.05. The van der Waals surface area contributed by atoms with E-state index in [0.29, 0.717) is 19.6 Å². The quantitative estimate of drug-likeness (QED) is 0.501. The molecule has 0 radical (unpaired) electrons. The minimum Gasteiger partial charge on any atom is -0.466 e. The molecule has 2 atom stereocenters. The molecule has 1 aromatic rings. The molecule has 0 heterocycles. The van der Waals surface area contributed by atoms with Gasteiger partial charge in [0, 0.05) is 24.9 Å². The van der Waals surface area contributed by atoms with Crippen molar-refractivity contribution in [3.05, 3.63) is 35.6 Å². The Bertz CT molecular complexity index is 580. The van der Waals surface area contributed by atoms with E-state index in [0.717, 1.165) is 37.7 Å². The van der Waals surface area contributed by atoms with Gasteiger partial charge in [-0.3, -0.25) is 4.79 Å². The van der Waals surface area contributed by atoms with Gasteiger partial charge in [0.15, 0.2) is 0 Å². The van der Waals surface area contributed by atoms with Crippen molar-refractivity contribution in [2.24, 2.45) is 0 Å². The Morgan fingerprint density at radius 1 is 1.24 bits per heavy atom. The van der Waals surface area contributed by atoms with E-state index in [1.807, 2.05) is 6.07 Å². The van der Waals surface area contributed by atoms with Gasteiger partial charge in [0.1, 0.15) is 5.82 Å². The zero-order valence-corrected chi connectivity index (χ0v) is 14.7. The number of nitrogens with one attached hydrogen (secondary N) is 2. The second-order valence-electron chi connectivity index (χ2n) is 6.37. The van der Waals surface area contributed by atoms with Gasteiger partial charge in [-0.25, -0.2) is 9.18 Å². The van der Waals surface area contributed by atoms with Crippen molar-refractivity contribution in [1.29, 1.82) is 0 Å². The number of halogens is 1. The zero-order valence-electron chi connectivity index (χ0n) is 14.7. The number of amides is 2. The number of carbonyl (C=O) groups is 2. The number of benzene rings is 1. The average molecular weight is 350 g/mol. The standard InChI is InChI=1S/C19H27FN2O3/c1-2-25-18(23)10-5-3-4-6-11-21-19(24)22-17-13-16(17)14-8-7-9-15(20)12-14/h7-9,12,16-17H,2-6,10-11,13H2,1H3,(H2,21,22,24)/t16-,17+/m0/s1. The predicted molar refractivity (Wildman–Crippen MR) is 93.8 cm³/mol. The van der Waals surface area contributed by atoms with Crippen LogP contribution < -0.4 is 10.6 Å². The SMILES string of the molecule is CCOC(=O)CCCCCCNC(=O)N[C@@H]1C[C@H]1c1cccc(F)c1. The summed E-state index contributed by atoms with van der Waals surface area (Å²) < 4.78 is 18.1. The number of unbranched alkanes of at least 4 members (excludes halogenated alkanes) is 3. The highest BCUT2D eigenvalue weighted by atomic mass is 19.1. The molecule has 0 bridgehead atoms. The number of rotatable bonds is 10. The third-order valence-electron chi connectivity index (χ3n) is 4.28. The molecule has 138 valence electrons. The summed E-state index contributed by atoms with van der Waals surface area (Å²) in [4.78, 5) is 23.0. The van der Waals surface area contributed by atoms with Crippen LogP contribution in [0.15, 0.2) is 24.3 Å². The lowest BCUT2D eigenvalue weighted by atomic mass is 10.1. The second-order valence-corrected chi connectivity index (χ2v) is 6.37. The van der Waals surface area contributed by atoms with Gasteiger partial charge in [-0.2, -0.15) is 0 Å². The van der Waals surface area contributed by atoms with Gasteiger partial charge in [-0.1, -0.05) is 25.0 Å². The second kappa shape index (κ2) is 10.0. The molecule has 6 heteroatoms. The van der Waals surface area contributed by atoms with E-state index in [2.05, 4.69) is 10.6 Å². The van der Waals surface area contributed by atoms with Gasteiger partial charge < -0.3 is 15.4 Å². The first kappa shape index (κ1) is 19.2. The third kappa shape index (κ3) is 7.11. The van der Waals surface area contributed by atoms with E-state index >= 15 is 0 Å². The molecule has 0 spiro atoms. The van der Waals surface area contributed by atoms with E-state index < -0.39 is 0 Å². The topological polar surface area (TPSA) is 67.4 Å². The summed E-state index contributed by atoms with van der Waals surface area (Å²) in [6, 6.07) is 6.46. The number of carbonyl (C=O) groups excluding carboxylic acids is 2. The van der Waals surface area contributed by atoms with Crippen molar-refractivity contribution < 1.29 is 18.7 Å². The number of esters is 1. The van der Waals surface area contributed by atoms with E-state index in [4.69, 9.17) is 4.74 Å². The van der Waals surface area contributed by atoms with E-state index in [-0.39, 0.29) is 29.8 Å². The fraction of sp³-hybridized carbons (Fsp3) is 0.579. The normalized spacial score (nSPS) is 18.5. The Balaban J connectivity index is 1.49. The maximum absolute atomic E-state index is 13.2. The van der Waals surface area contributed by atoms with Crippen LogP contribution in [0, 0.1) is 5.82 Å². The first-order valence-corrected chi connectivity index (χ1v) is 9.05. The summed E-state index contributed by atoms with van der Waals surface area (Å²) in [5.74, 6) is -0.169. The highest BCUT2D eigenvalue weighted by molar-refractivity contribution is 5.74. The maximum Gasteiger partial charge on any atom is 0.315 e. The Labute approximate surface area is 148 Å². The number of urea groups is 1. The predicted octanol–water partition coefficient (Wildman–Crippen LogP) is 3.49. The summed E-state index contributed by atoms with van der Waals surface area (Å²) in [6.45, 7) is 2.85. The molecule has 2 rings (SSSR count). The van der Waals surface area contributed by atoms with Crippen LogP contribution in [-0.4, -0.2) is 31.2 Å². The molecule has 5 nitrogen and oxygen atoms in total. The van der Waals surface area contributed by atoms with Crippen LogP contribution >= 0.6 is 0 Å². The third-order valence-corrected chi connectivity index (χ3v) is 4.28. The average Bonchev–Trinajstić information content (AvgIpc) is 3.33. The summed E-state index contributed by atoms with van der Waals surface area (Å²) >= 11 is 0. The molecular weight excluding hydrogens is 323 g/mol. The van der Waals surface area contributed by atoms with Crippen LogP contribution in [0.1, 0.15) is 56.9 Å². The van der Waals surface area contributed by atoms with Crippen LogP contribution in [0.3, 0.4) is 0 Å². The van der Waals surface area contributed by atoms with Crippen LogP contribution in [0.2, 0.25) is 0 Å². The maximum atomic E-state index is 13.2. The summed E-state index contributed by atoms with van der Waals surface area (Å²) in [5.41, 5.74) is 0.937. The van der Waals surface area contributed by atoms with Gasteiger partial charge in [-0.05, 0) is 43.9 Å². The molecule has 0 aliphatic heterocycles. The van der Waals surface area contributed by atoms with Crippen LogP contribution in [0.4, 0.5) is 9.18 Å². The van der Waals surface area contributed by atoms with Crippen molar-refractivity contribution in [3.8, 4) is 0 Å². The number of ether oxygens (including phenoxy) is 1. The molecule has 0 aromatic heterocycles. The van der Waals surface area contributed by atoms with Gasteiger partial charge in [0.05, 0.1) is 6.61 Å². The van der Waals surface area contributed by atoms with Gasteiger partial charge >= 0.3 is 12.0 Å². The minimum atomic E-state index is -0.240. The molecule has 2 N–H and O–H groups in total. The monoisotopic (exact) mass is 350 g/mol. The zero-order chi connectivity index (χ0) is 18.1. The number of hydrogen-bond acceptors (Lipinski definition) is 3. The largest absolute Gasteiger partial charge is 0.466 e. The van der Waals surface area contributed by atoms with Crippen LogP contribution in [0.5, 0.6) is 0 Å². The molecule has 1 aliphatic carbocycles. The molecule has 0 saturated heterocycles. The fourth-order valence-corrected chi connectivity index (χ4v) is 2.86. The Hall–Kier alpha value is -2.11. The lowest BCUT2D eigenvalue weighted by Gasteiger charge is -2.07. The summed E-state index contributed by atoms with van der Waals surface area (Å²) in [7, 11) is 0.